The number of rotatable bonds is 8. The molecule has 2 aromatic heterocycles. The molecule has 0 unspecified atom stereocenters. The first-order valence-electron chi connectivity index (χ1n) is 9.49. The quantitative estimate of drug-likeness (QED) is 0.564. The van der Waals surface area contributed by atoms with Crippen molar-refractivity contribution in [3.63, 3.8) is 0 Å². The highest BCUT2D eigenvalue weighted by Gasteiger charge is 2.16. The van der Waals surface area contributed by atoms with Gasteiger partial charge in [-0.05, 0) is 43.0 Å². The van der Waals surface area contributed by atoms with Crippen LogP contribution in [0.15, 0.2) is 53.9 Å². The Kier molecular flexibility index (Phi) is 6.81. The number of pyridine rings is 1. The minimum atomic E-state index is -0.0446. The van der Waals surface area contributed by atoms with E-state index in [1.54, 1.807) is 12.4 Å². The predicted octanol–water partition coefficient (Wildman–Crippen LogP) is 4.60. The Morgan fingerprint density at radius 2 is 1.89 bits per heavy atom. The van der Waals surface area contributed by atoms with E-state index >= 15 is 0 Å². The van der Waals surface area contributed by atoms with Gasteiger partial charge in [0.1, 0.15) is 0 Å². The number of carbonyl (C=O) groups excluding carboxylic acids is 1. The number of para-hydroxylation sites is 1. The maximum absolute atomic E-state index is 12.5. The second-order valence-corrected chi connectivity index (χ2v) is 7.46. The topological polar surface area (TPSA) is 72.7 Å². The zero-order chi connectivity index (χ0) is 19.9. The molecule has 146 valence electrons. The Labute approximate surface area is 169 Å². The third-order valence-electron chi connectivity index (χ3n) is 4.68. The maximum atomic E-state index is 12.5. The van der Waals surface area contributed by atoms with Crippen LogP contribution in [0.1, 0.15) is 38.7 Å². The van der Waals surface area contributed by atoms with Gasteiger partial charge in [0.2, 0.25) is 5.91 Å². The zero-order valence-electron chi connectivity index (χ0n) is 16.4. The summed E-state index contributed by atoms with van der Waals surface area (Å²) in [6, 6.07) is 11.8. The van der Waals surface area contributed by atoms with E-state index in [0.29, 0.717) is 5.92 Å². The largest absolute Gasteiger partial charge is 0.325 e. The van der Waals surface area contributed by atoms with E-state index in [4.69, 9.17) is 0 Å². The van der Waals surface area contributed by atoms with Crippen LogP contribution < -0.4 is 5.32 Å². The zero-order valence-corrected chi connectivity index (χ0v) is 17.2. The van der Waals surface area contributed by atoms with E-state index in [0.717, 1.165) is 35.2 Å². The van der Waals surface area contributed by atoms with Crippen LogP contribution in [0.25, 0.3) is 11.4 Å². The number of hydrogen-bond donors (Lipinski definition) is 1. The first-order chi connectivity index (χ1) is 13.6. The highest BCUT2D eigenvalue weighted by molar-refractivity contribution is 7.99. The van der Waals surface area contributed by atoms with Crippen molar-refractivity contribution in [1.29, 1.82) is 0 Å². The second kappa shape index (κ2) is 9.50. The summed E-state index contributed by atoms with van der Waals surface area (Å²) < 4.78 is 2.01. The molecule has 0 saturated carbocycles. The molecule has 1 aromatic carbocycles. The fraction of sp³-hybridized carbons (Fsp3) is 0.333. The summed E-state index contributed by atoms with van der Waals surface area (Å²) in [6.45, 7) is 7.09. The van der Waals surface area contributed by atoms with Gasteiger partial charge in [0.25, 0.3) is 0 Å². The SMILES string of the molecule is CC[C@@H](C)c1ccccc1NC(=O)CSc1nnc(-c2ccncc2)n1CC. The van der Waals surface area contributed by atoms with Gasteiger partial charge < -0.3 is 9.88 Å². The van der Waals surface area contributed by atoms with Gasteiger partial charge in [0.15, 0.2) is 11.0 Å². The summed E-state index contributed by atoms with van der Waals surface area (Å²) in [5, 5.41) is 12.4. The first-order valence-corrected chi connectivity index (χ1v) is 10.5. The molecular formula is C21H25N5OS. The van der Waals surface area contributed by atoms with Crippen molar-refractivity contribution in [2.75, 3.05) is 11.1 Å². The molecule has 0 aliphatic rings. The van der Waals surface area contributed by atoms with Crippen LogP contribution in [0, 0.1) is 0 Å². The number of carbonyl (C=O) groups is 1. The molecular weight excluding hydrogens is 370 g/mol. The Morgan fingerprint density at radius 1 is 1.14 bits per heavy atom. The van der Waals surface area contributed by atoms with Gasteiger partial charge in [0, 0.05) is 30.2 Å². The number of anilines is 1. The fourth-order valence-corrected chi connectivity index (χ4v) is 3.77. The molecule has 1 amide bonds. The highest BCUT2D eigenvalue weighted by Crippen LogP contribution is 2.27. The number of nitrogens with zero attached hydrogens (tertiary/aromatic N) is 4. The summed E-state index contributed by atoms with van der Waals surface area (Å²) in [5.74, 6) is 1.42. The van der Waals surface area contributed by atoms with Crippen LogP contribution in [-0.2, 0) is 11.3 Å². The summed E-state index contributed by atoms with van der Waals surface area (Å²) in [7, 11) is 0. The lowest BCUT2D eigenvalue weighted by molar-refractivity contribution is -0.113. The molecule has 0 radical (unpaired) electrons. The van der Waals surface area contributed by atoms with Gasteiger partial charge >= 0.3 is 0 Å². The lowest BCUT2D eigenvalue weighted by atomic mass is 9.97. The first kappa shape index (κ1) is 20.1. The van der Waals surface area contributed by atoms with Crippen molar-refractivity contribution in [2.24, 2.45) is 0 Å². The van der Waals surface area contributed by atoms with E-state index in [-0.39, 0.29) is 11.7 Å². The molecule has 7 heteroatoms. The normalized spacial score (nSPS) is 12.0. The van der Waals surface area contributed by atoms with Gasteiger partial charge in [0.05, 0.1) is 5.75 Å². The van der Waals surface area contributed by atoms with Crippen LogP contribution >= 0.6 is 11.8 Å². The molecule has 1 N–H and O–H groups in total. The summed E-state index contributed by atoms with van der Waals surface area (Å²) in [5.41, 5.74) is 3.01. The fourth-order valence-electron chi connectivity index (χ4n) is 2.97. The maximum Gasteiger partial charge on any atom is 0.234 e. The van der Waals surface area contributed by atoms with E-state index in [1.807, 2.05) is 41.8 Å². The van der Waals surface area contributed by atoms with Crippen molar-refractivity contribution in [2.45, 2.75) is 44.8 Å². The van der Waals surface area contributed by atoms with Gasteiger partial charge in [-0.2, -0.15) is 0 Å². The van der Waals surface area contributed by atoms with Crippen molar-refractivity contribution < 1.29 is 4.79 Å². The summed E-state index contributed by atoms with van der Waals surface area (Å²) in [6.07, 6.45) is 4.50. The monoisotopic (exact) mass is 395 g/mol. The average Bonchev–Trinajstić information content (AvgIpc) is 3.15. The van der Waals surface area contributed by atoms with Gasteiger partial charge in [-0.25, -0.2) is 0 Å². The lowest BCUT2D eigenvalue weighted by Gasteiger charge is -2.15. The third-order valence-corrected chi connectivity index (χ3v) is 5.65. The molecule has 3 rings (SSSR count). The van der Waals surface area contributed by atoms with E-state index in [1.165, 1.54) is 17.3 Å². The second-order valence-electron chi connectivity index (χ2n) is 6.52. The molecule has 0 aliphatic heterocycles. The number of hydrogen-bond acceptors (Lipinski definition) is 5. The third kappa shape index (κ3) is 4.59. The Balaban J connectivity index is 1.68. The molecule has 2 heterocycles. The number of aromatic nitrogens is 4. The molecule has 0 spiro atoms. The highest BCUT2D eigenvalue weighted by atomic mass is 32.2. The minimum Gasteiger partial charge on any atom is -0.325 e. The van der Waals surface area contributed by atoms with Gasteiger partial charge in [-0.3, -0.25) is 9.78 Å². The van der Waals surface area contributed by atoms with Crippen molar-refractivity contribution in [3.05, 3.63) is 54.4 Å². The van der Waals surface area contributed by atoms with Gasteiger partial charge in [-0.15, -0.1) is 10.2 Å². The Morgan fingerprint density at radius 3 is 2.61 bits per heavy atom. The van der Waals surface area contributed by atoms with Crippen LogP contribution in [0.2, 0.25) is 0 Å². The van der Waals surface area contributed by atoms with Crippen LogP contribution in [0.5, 0.6) is 0 Å². The summed E-state index contributed by atoms with van der Waals surface area (Å²) in [4.78, 5) is 16.6. The van der Waals surface area contributed by atoms with E-state index < -0.39 is 0 Å². The molecule has 0 bridgehead atoms. The van der Waals surface area contributed by atoms with Gasteiger partial charge in [-0.1, -0.05) is 43.8 Å². The van der Waals surface area contributed by atoms with Crippen molar-refractivity contribution in [1.82, 2.24) is 19.7 Å². The van der Waals surface area contributed by atoms with Crippen molar-refractivity contribution >= 4 is 23.4 Å². The molecule has 3 aromatic rings. The average molecular weight is 396 g/mol. The lowest BCUT2D eigenvalue weighted by Crippen LogP contribution is -2.16. The summed E-state index contributed by atoms with van der Waals surface area (Å²) >= 11 is 1.40. The molecule has 0 fully saturated rings. The van der Waals surface area contributed by atoms with Crippen LogP contribution in [0.3, 0.4) is 0 Å². The Hall–Kier alpha value is -2.67. The Bertz CT molecular complexity index is 926. The minimum absolute atomic E-state index is 0.0446. The molecule has 0 aliphatic carbocycles. The van der Waals surface area contributed by atoms with Crippen LogP contribution in [-0.4, -0.2) is 31.4 Å². The molecule has 1 atom stereocenters. The molecule has 28 heavy (non-hydrogen) atoms. The number of benzene rings is 1. The number of amides is 1. The van der Waals surface area contributed by atoms with Crippen molar-refractivity contribution in [3.8, 4) is 11.4 Å². The van der Waals surface area contributed by atoms with E-state index in [2.05, 4.69) is 40.4 Å². The molecule has 0 saturated heterocycles. The van der Waals surface area contributed by atoms with Crippen LogP contribution in [0.4, 0.5) is 5.69 Å². The number of thioether (sulfide) groups is 1. The predicted molar refractivity (Wildman–Crippen MR) is 113 cm³/mol. The standard InChI is InChI=1S/C21H25N5OS/c1-4-15(3)17-8-6-7-9-18(17)23-19(27)14-28-21-25-24-20(26(21)5-2)16-10-12-22-13-11-16/h6-13,15H,4-5,14H2,1-3H3,(H,23,27)/t15-/m1/s1. The van der Waals surface area contributed by atoms with E-state index in [9.17, 15) is 4.79 Å². The molecule has 6 nitrogen and oxygen atoms in total. The smallest absolute Gasteiger partial charge is 0.234 e. The number of nitrogens with one attached hydrogen (secondary N) is 1.